The molecule has 0 aromatic heterocycles. The number of alkyl halides is 3. The number of fused-ring (bicyclic) bond motifs is 2. The summed E-state index contributed by atoms with van der Waals surface area (Å²) in [6.07, 6.45) is 0.540. The molecule has 0 radical (unpaired) electrons. The van der Waals surface area contributed by atoms with Crippen molar-refractivity contribution in [2.45, 2.75) is 43.7 Å². The van der Waals surface area contributed by atoms with Crippen LogP contribution in [0.3, 0.4) is 0 Å². The lowest BCUT2D eigenvalue weighted by molar-refractivity contribution is -0.123. The molecule has 0 fully saturated rings. The van der Waals surface area contributed by atoms with Crippen molar-refractivity contribution in [3.05, 3.63) is 29.7 Å². The zero-order valence-electron chi connectivity index (χ0n) is 20.6. The van der Waals surface area contributed by atoms with E-state index in [0.29, 0.717) is 6.61 Å². The number of benzene rings is 1. The van der Waals surface area contributed by atoms with Crippen molar-refractivity contribution < 1.29 is 45.4 Å². The molecule has 2 aliphatic rings. The fourth-order valence-electron chi connectivity index (χ4n) is 3.64. The highest BCUT2D eigenvalue weighted by Gasteiger charge is 2.47. The predicted molar refractivity (Wildman–Crippen MR) is 131 cm³/mol. The van der Waals surface area contributed by atoms with Gasteiger partial charge >= 0.3 is 5.51 Å². The van der Waals surface area contributed by atoms with Crippen LogP contribution in [0, 0.1) is 0 Å². The number of nitrogens with zero attached hydrogens (tertiary/aromatic N) is 2. The van der Waals surface area contributed by atoms with Gasteiger partial charge in [-0.1, -0.05) is 19.6 Å². The molecule has 2 heterocycles. The fraction of sp³-hybridized carbons (Fsp3) is 0.500. The van der Waals surface area contributed by atoms with E-state index in [9.17, 15) is 27.0 Å². The summed E-state index contributed by atoms with van der Waals surface area (Å²) >= 11 is 0. The molecular formula is C22H29F3N2O7SSi. The summed E-state index contributed by atoms with van der Waals surface area (Å²) in [7, 11) is -3.63. The molecule has 1 aromatic carbocycles. The summed E-state index contributed by atoms with van der Waals surface area (Å²) < 4.78 is 72.2. The van der Waals surface area contributed by atoms with Crippen LogP contribution < -0.4 is 14.4 Å². The van der Waals surface area contributed by atoms with Gasteiger partial charge in [-0.15, -0.1) is 0 Å². The van der Waals surface area contributed by atoms with Gasteiger partial charge in [0.05, 0.1) is 25.5 Å². The topological polar surface area (TPSA) is 94.6 Å². The van der Waals surface area contributed by atoms with E-state index in [1.165, 1.54) is 31.3 Å². The Bertz CT molecular complexity index is 1180. The van der Waals surface area contributed by atoms with Crippen LogP contribution in [-0.4, -0.2) is 74.0 Å². The Labute approximate surface area is 208 Å². The first-order valence-electron chi connectivity index (χ1n) is 10.9. The van der Waals surface area contributed by atoms with Crippen molar-refractivity contribution in [2.75, 3.05) is 32.5 Å². The van der Waals surface area contributed by atoms with Crippen LogP contribution in [0.25, 0.3) is 0 Å². The molecule has 0 N–H and O–H groups in total. The molecule has 0 saturated carbocycles. The summed E-state index contributed by atoms with van der Waals surface area (Å²) in [6.45, 7) is 6.69. The van der Waals surface area contributed by atoms with Crippen molar-refractivity contribution in [3.8, 4) is 11.5 Å². The number of methoxy groups -OCH3 is 2. The van der Waals surface area contributed by atoms with Gasteiger partial charge in [-0.25, -0.2) is 4.21 Å². The highest BCUT2D eigenvalue weighted by atomic mass is 32.2. The van der Waals surface area contributed by atoms with Crippen molar-refractivity contribution in [1.82, 2.24) is 4.90 Å². The normalized spacial score (nSPS) is 19.8. The number of ether oxygens (including phenoxy) is 3. The molecule has 3 rings (SSSR count). The van der Waals surface area contributed by atoms with Gasteiger partial charge in [-0.05, 0) is 18.0 Å². The van der Waals surface area contributed by atoms with Gasteiger partial charge in [0, 0.05) is 33.4 Å². The Morgan fingerprint density at radius 1 is 1.14 bits per heavy atom. The number of halogens is 3. The zero-order valence-corrected chi connectivity index (χ0v) is 22.5. The monoisotopic (exact) mass is 550 g/mol. The first-order chi connectivity index (χ1) is 16.6. The van der Waals surface area contributed by atoms with Crippen LogP contribution >= 0.6 is 0 Å². The fourth-order valence-corrected chi connectivity index (χ4v) is 4.94. The van der Waals surface area contributed by atoms with Gasteiger partial charge in [-0.3, -0.25) is 19.4 Å². The lowest BCUT2D eigenvalue weighted by Gasteiger charge is -2.26. The molecule has 0 saturated heterocycles. The second kappa shape index (κ2) is 9.98. The number of hydrogen-bond donors (Lipinski definition) is 0. The molecule has 0 aliphatic carbocycles. The van der Waals surface area contributed by atoms with Gasteiger partial charge in [0.25, 0.3) is 11.8 Å². The summed E-state index contributed by atoms with van der Waals surface area (Å²) in [5.41, 5.74) is -4.98. The standard InChI is InChI=1S/C22H29F3N2O7SSi/c1-31-18-10-15-16(11-19(18)32-2)27(13-33-7-8-36(4,5)6)21(29)17-9-14(12-26(17)20(15)28)34-35(3,30)22(23,24)25/h10-12,17H,3,7-9,13H2,1-2,4-6H3/t17-,35?/m0/s1. The lowest BCUT2D eigenvalue weighted by Crippen LogP contribution is -2.45. The molecule has 0 spiro atoms. The molecule has 1 aromatic rings. The summed E-state index contributed by atoms with van der Waals surface area (Å²) in [4.78, 5) is 29.2. The van der Waals surface area contributed by atoms with Gasteiger partial charge in [0.2, 0.25) is 9.80 Å². The van der Waals surface area contributed by atoms with E-state index < -0.39 is 53.4 Å². The van der Waals surface area contributed by atoms with E-state index in [-0.39, 0.29) is 29.5 Å². The molecule has 2 amide bonds. The second-order valence-corrected chi connectivity index (χ2v) is 17.0. The Kier molecular flexibility index (Phi) is 7.72. The van der Waals surface area contributed by atoms with Gasteiger partial charge < -0.3 is 18.4 Å². The number of rotatable bonds is 9. The number of amides is 2. The van der Waals surface area contributed by atoms with Crippen molar-refractivity contribution in [1.29, 1.82) is 0 Å². The largest absolute Gasteiger partial charge is 0.496 e. The Hall–Kier alpha value is -2.71. The molecule has 200 valence electrons. The minimum Gasteiger partial charge on any atom is -0.493 e. The molecule has 0 bridgehead atoms. The summed E-state index contributed by atoms with van der Waals surface area (Å²) in [5, 5.41) is 0. The quantitative estimate of drug-likeness (QED) is 0.264. The molecule has 2 atom stereocenters. The number of hydrogen-bond acceptors (Lipinski definition) is 7. The van der Waals surface area contributed by atoms with E-state index in [0.717, 1.165) is 17.1 Å². The first kappa shape index (κ1) is 27.9. The highest BCUT2D eigenvalue weighted by molar-refractivity contribution is 7.96. The molecule has 2 aliphatic heterocycles. The summed E-state index contributed by atoms with van der Waals surface area (Å²) in [6, 6.07) is 2.45. The maximum absolute atomic E-state index is 13.6. The average Bonchev–Trinajstić information content (AvgIpc) is 3.16. The molecule has 14 heteroatoms. The minimum absolute atomic E-state index is 0.0426. The molecular weight excluding hydrogens is 521 g/mol. The van der Waals surface area contributed by atoms with Crippen LogP contribution in [0.1, 0.15) is 16.8 Å². The van der Waals surface area contributed by atoms with Crippen LogP contribution in [0.15, 0.2) is 24.1 Å². The maximum Gasteiger partial charge on any atom is 0.496 e. The maximum atomic E-state index is 13.6. The summed E-state index contributed by atoms with van der Waals surface area (Å²) in [5.74, 6) is 1.38. The van der Waals surface area contributed by atoms with E-state index >= 15 is 0 Å². The van der Waals surface area contributed by atoms with E-state index in [1.807, 2.05) is 0 Å². The third kappa shape index (κ3) is 5.65. The van der Waals surface area contributed by atoms with Crippen molar-refractivity contribution in [3.63, 3.8) is 0 Å². The number of anilines is 1. The van der Waals surface area contributed by atoms with Gasteiger partial charge in [0.1, 0.15) is 18.5 Å². The van der Waals surface area contributed by atoms with Crippen LogP contribution in [-0.2, 0) is 23.5 Å². The van der Waals surface area contributed by atoms with Crippen LogP contribution in [0.4, 0.5) is 18.9 Å². The smallest absolute Gasteiger partial charge is 0.493 e. The predicted octanol–water partition coefficient (Wildman–Crippen LogP) is 3.59. The van der Waals surface area contributed by atoms with Crippen LogP contribution in [0.5, 0.6) is 11.5 Å². The average molecular weight is 551 g/mol. The second-order valence-electron chi connectivity index (χ2n) is 9.51. The Balaban J connectivity index is 2.01. The molecule has 36 heavy (non-hydrogen) atoms. The third-order valence-corrected chi connectivity index (χ3v) is 8.53. The number of carbonyl (C=O) groups excluding carboxylic acids is 2. The van der Waals surface area contributed by atoms with Crippen molar-refractivity contribution >= 4 is 41.2 Å². The first-order valence-corrected chi connectivity index (χ1v) is 16.3. The van der Waals surface area contributed by atoms with E-state index in [4.69, 9.17) is 14.2 Å². The zero-order chi connectivity index (χ0) is 27.1. The van der Waals surface area contributed by atoms with Crippen LogP contribution in [0.2, 0.25) is 25.7 Å². The van der Waals surface area contributed by atoms with Gasteiger partial charge in [0.15, 0.2) is 11.5 Å². The Morgan fingerprint density at radius 2 is 1.75 bits per heavy atom. The number of carbonyl (C=O) groups is 2. The third-order valence-electron chi connectivity index (χ3n) is 5.63. The van der Waals surface area contributed by atoms with Crippen molar-refractivity contribution in [2.24, 2.45) is 0 Å². The lowest BCUT2D eigenvalue weighted by atomic mass is 10.1. The minimum atomic E-state index is -5.23. The van der Waals surface area contributed by atoms with Gasteiger partial charge in [-0.2, -0.15) is 13.2 Å². The molecule has 9 nitrogen and oxygen atoms in total. The van der Waals surface area contributed by atoms with E-state index in [2.05, 4.69) is 29.7 Å². The van der Waals surface area contributed by atoms with E-state index in [1.54, 1.807) is 0 Å². The highest BCUT2D eigenvalue weighted by Crippen LogP contribution is 2.41. The molecule has 1 unspecified atom stereocenters. The SMILES string of the molecule is C=S(=O)(OC1=CN2C(=O)c3cc(OC)c(OC)cc3N(COCC[Si](C)(C)C)C(=O)[C@@H]2C1)C(F)(F)F. The Morgan fingerprint density at radius 3 is 2.31 bits per heavy atom.